The number of hydrogen-bond donors (Lipinski definition) is 1. The predicted molar refractivity (Wildman–Crippen MR) is 90.2 cm³/mol. The van der Waals surface area contributed by atoms with Crippen LogP contribution < -0.4 is 5.73 Å². The van der Waals surface area contributed by atoms with Gasteiger partial charge in [-0.2, -0.15) is 0 Å². The van der Waals surface area contributed by atoms with E-state index < -0.39 is 0 Å². The number of piperidine rings is 1. The number of carbonyl (C=O) groups is 1. The Kier molecular flexibility index (Phi) is 7.63. The van der Waals surface area contributed by atoms with Crippen LogP contribution in [0.15, 0.2) is 5.38 Å². The molecule has 1 unspecified atom stereocenters. The molecule has 0 aliphatic carbocycles. The van der Waals surface area contributed by atoms with Crippen LogP contribution in [-0.2, 0) is 6.42 Å². The van der Waals surface area contributed by atoms with Gasteiger partial charge in [-0.3, -0.25) is 4.79 Å². The molecule has 0 radical (unpaired) electrons. The molecule has 2 N–H and O–H groups in total. The topological polar surface area (TPSA) is 59.2 Å². The van der Waals surface area contributed by atoms with Gasteiger partial charge in [0.1, 0.15) is 5.69 Å². The summed E-state index contributed by atoms with van der Waals surface area (Å²) in [5.74, 6) is 1.44. The van der Waals surface area contributed by atoms with Crippen LogP contribution >= 0.6 is 23.7 Å². The van der Waals surface area contributed by atoms with Gasteiger partial charge in [-0.05, 0) is 37.6 Å². The Morgan fingerprint density at radius 3 is 3.00 bits per heavy atom. The van der Waals surface area contributed by atoms with E-state index in [1.165, 1.54) is 24.2 Å². The fourth-order valence-corrected chi connectivity index (χ4v) is 3.71. The van der Waals surface area contributed by atoms with E-state index in [1.807, 2.05) is 10.3 Å². The van der Waals surface area contributed by atoms with Crippen LogP contribution in [0.1, 0.15) is 48.6 Å². The van der Waals surface area contributed by atoms with E-state index in [1.54, 1.807) is 0 Å². The van der Waals surface area contributed by atoms with Gasteiger partial charge in [0, 0.05) is 24.9 Å². The van der Waals surface area contributed by atoms with Crippen LogP contribution in [0.2, 0.25) is 0 Å². The fraction of sp³-hybridized carbons (Fsp3) is 0.733. The molecule has 120 valence electrons. The van der Waals surface area contributed by atoms with Gasteiger partial charge in [0.15, 0.2) is 0 Å². The average Bonchev–Trinajstić information content (AvgIpc) is 2.86. The summed E-state index contributed by atoms with van der Waals surface area (Å²) < 4.78 is 0. The van der Waals surface area contributed by atoms with Crippen LogP contribution in [0.25, 0.3) is 0 Å². The summed E-state index contributed by atoms with van der Waals surface area (Å²) in [6.45, 7) is 6.85. The molecule has 4 nitrogen and oxygen atoms in total. The van der Waals surface area contributed by atoms with E-state index in [-0.39, 0.29) is 18.3 Å². The van der Waals surface area contributed by atoms with Crippen molar-refractivity contribution in [1.29, 1.82) is 0 Å². The summed E-state index contributed by atoms with van der Waals surface area (Å²) >= 11 is 1.54. The fourth-order valence-electron chi connectivity index (χ4n) is 2.92. The van der Waals surface area contributed by atoms with E-state index in [4.69, 9.17) is 5.73 Å². The molecule has 1 aliphatic rings. The summed E-state index contributed by atoms with van der Waals surface area (Å²) in [5, 5.41) is 2.84. The summed E-state index contributed by atoms with van der Waals surface area (Å²) in [6.07, 6.45) is 4.33. The highest BCUT2D eigenvalue weighted by molar-refractivity contribution is 7.09. The number of aromatic nitrogens is 1. The first-order valence-corrected chi connectivity index (χ1v) is 8.42. The zero-order chi connectivity index (χ0) is 14.5. The highest BCUT2D eigenvalue weighted by atomic mass is 35.5. The SMILES string of the molecule is CC(C)CC1CCCN(C(=O)c2csc(CCN)n2)C1.Cl. The van der Waals surface area contributed by atoms with Gasteiger partial charge >= 0.3 is 0 Å². The lowest BCUT2D eigenvalue weighted by atomic mass is 9.89. The number of nitrogens with zero attached hydrogens (tertiary/aromatic N) is 2. The van der Waals surface area contributed by atoms with Gasteiger partial charge in [0.2, 0.25) is 0 Å². The van der Waals surface area contributed by atoms with Crippen molar-refractivity contribution in [1.82, 2.24) is 9.88 Å². The molecule has 1 atom stereocenters. The zero-order valence-corrected chi connectivity index (χ0v) is 14.5. The van der Waals surface area contributed by atoms with Crippen molar-refractivity contribution in [3.8, 4) is 0 Å². The highest BCUT2D eigenvalue weighted by Gasteiger charge is 2.26. The smallest absolute Gasteiger partial charge is 0.273 e. The first-order valence-electron chi connectivity index (χ1n) is 7.54. The molecule has 6 heteroatoms. The Labute approximate surface area is 137 Å². The third-order valence-electron chi connectivity index (χ3n) is 3.74. The van der Waals surface area contributed by atoms with Gasteiger partial charge in [-0.15, -0.1) is 23.7 Å². The Hall–Kier alpha value is -0.650. The average molecular weight is 332 g/mol. The molecule has 1 saturated heterocycles. The number of carbonyl (C=O) groups excluding carboxylic acids is 1. The van der Waals surface area contributed by atoms with Crippen LogP contribution in [0.3, 0.4) is 0 Å². The molecule has 2 rings (SSSR count). The summed E-state index contributed by atoms with van der Waals surface area (Å²) in [7, 11) is 0. The minimum Gasteiger partial charge on any atom is -0.337 e. The quantitative estimate of drug-likeness (QED) is 0.902. The standard InChI is InChI=1S/C15H25N3OS.ClH/c1-11(2)8-12-4-3-7-18(9-12)15(19)13-10-20-14(17-13)5-6-16;/h10-12H,3-9,16H2,1-2H3;1H. The molecular formula is C15H26ClN3OS. The Morgan fingerprint density at radius 2 is 2.33 bits per heavy atom. The van der Waals surface area contributed by atoms with E-state index >= 15 is 0 Å². The maximum Gasteiger partial charge on any atom is 0.273 e. The van der Waals surface area contributed by atoms with E-state index in [2.05, 4.69) is 18.8 Å². The van der Waals surface area contributed by atoms with Gasteiger partial charge < -0.3 is 10.6 Å². The second-order valence-electron chi connectivity index (χ2n) is 6.05. The second kappa shape index (κ2) is 8.71. The normalized spacial score (nSPS) is 18.7. The molecule has 0 aromatic carbocycles. The third kappa shape index (κ3) is 5.24. The van der Waals surface area contributed by atoms with E-state index in [9.17, 15) is 4.79 Å². The maximum absolute atomic E-state index is 12.5. The molecule has 21 heavy (non-hydrogen) atoms. The molecule has 1 aliphatic heterocycles. The molecule has 1 fully saturated rings. The Bertz CT molecular complexity index is 450. The van der Waals surface area contributed by atoms with Crippen molar-refractivity contribution in [2.45, 2.75) is 39.5 Å². The Morgan fingerprint density at radius 1 is 1.57 bits per heavy atom. The first kappa shape index (κ1) is 18.4. The largest absolute Gasteiger partial charge is 0.337 e. The van der Waals surface area contributed by atoms with Crippen molar-refractivity contribution < 1.29 is 4.79 Å². The Balaban J connectivity index is 0.00000220. The van der Waals surface area contributed by atoms with E-state index in [0.29, 0.717) is 24.1 Å². The molecule has 0 spiro atoms. The molecule has 1 aromatic heterocycles. The van der Waals surface area contributed by atoms with Crippen LogP contribution in [0.4, 0.5) is 0 Å². The van der Waals surface area contributed by atoms with E-state index in [0.717, 1.165) is 30.9 Å². The molecule has 1 aromatic rings. The van der Waals surface area contributed by atoms with Gasteiger partial charge in [0.25, 0.3) is 5.91 Å². The predicted octanol–water partition coefficient (Wildman–Crippen LogP) is 2.96. The van der Waals surface area contributed by atoms with Gasteiger partial charge in [-0.1, -0.05) is 13.8 Å². The van der Waals surface area contributed by atoms with Crippen molar-refractivity contribution in [3.05, 3.63) is 16.1 Å². The molecule has 2 heterocycles. The molecule has 0 bridgehead atoms. The molecule has 0 saturated carbocycles. The van der Waals surface area contributed by atoms with Crippen molar-refractivity contribution in [2.75, 3.05) is 19.6 Å². The first-order chi connectivity index (χ1) is 9.60. The molecule has 1 amide bonds. The lowest BCUT2D eigenvalue weighted by Crippen LogP contribution is -2.40. The minimum absolute atomic E-state index is 0. The monoisotopic (exact) mass is 331 g/mol. The summed E-state index contributed by atoms with van der Waals surface area (Å²) in [6, 6.07) is 0. The summed E-state index contributed by atoms with van der Waals surface area (Å²) in [4.78, 5) is 18.9. The van der Waals surface area contributed by atoms with Crippen LogP contribution in [0.5, 0.6) is 0 Å². The zero-order valence-electron chi connectivity index (χ0n) is 12.9. The van der Waals surface area contributed by atoms with Crippen molar-refractivity contribution in [2.24, 2.45) is 17.6 Å². The maximum atomic E-state index is 12.5. The number of hydrogen-bond acceptors (Lipinski definition) is 4. The number of nitrogens with two attached hydrogens (primary N) is 1. The van der Waals surface area contributed by atoms with Crippen LogP contribution in [-0.4, -0.2) is 35.4 Å². The lowest BCUT2D eigenvalue weighted by molar-refractivity contribution is 0.0654. The number of rotatable bonds is 5. The lowest BCUT2D eigenvalue weighted by Gasteiger charge is -2.33. The second-order valence-corrected chi connectivity index (χ2v) is 7.00. The van der Waals surface area contributed by atoms with Crippen LogP contribution in [0, 0.1) is 11.8 Å². The number of thiazole rings is 1. The molecular weight excluding hydrogens is 306 g/mol. The number of amides is 1. The minimum atomic E-state index is 0. The summed E-state index contributed by atoms with van der Waals surface area (Å²) in [5.41, 5.74) is 6.13. The van der Waals surface area contributed by atoms with Crippen molar-refractivity contribution in [3.63, 3.8) is 0 Å². The highest BCUT2D eigenvalue weighted by Crippen LogP contribution is 2.24. The van der Waals surface area contributed by atoms with Gasteiger partial charge in [-0.25, -0.2) is 4.98 Å². The van der Waals surface area contributed by atoms with Gasteiger partial charge in [0.05, 0.1) is 5.01 Å². The van der Waals surface area contributed by atoms with Crippen molar-refractivity contribution >= 4 is 29.7 Å². The number of halogens is 1. The third-order valence-corrected chi connectivity index (χ3v) is 4.65. The number of likely N-dealkylation sites (tertiary alicyclic amines) is 1.